The summed E-state index contributed by atoms with van der Waals surface area (Å²) in [7, 11) is 3.14. The molecule has 1 unspecified atom stereocenters. The summed E-state index contributed by atoms with van der Waals surface area (Å²) in [6.45, 7) is 4.06. The molecule has 4 atom stereocenters. The number of aromatic nitrogens is 1. The highest BCUT2D eigenvalue weighted by Crippen LogP contribution is 2.47. The van der Waals surface area contributed by atoms with Crippen molar-refractivity contribution in [1.29, 1.82) is 0 Å². The van der Waals surface area contributed by atoms with E-state index in [2.05, 4.69) is 28.9 Å². The Hall–Kier alpha value is -2.47. The summed E-state index contributed by atoms with van der Waals surface area (Å²) in [5, 5.41) is 1.25. The summed E-state index contributed by atoms with van der Waals surface area (Å²) in [5.41, 5.74) is 4.50. The molecule has 0 amide bonds. The Morgan fingerprint density at radius 1 is 1.32 bits per heavy atom. The fourth-order valence-corrected chi connectivity index (χ4v) is 5.34. The maximum atomic E-state index is 12.3. The Bertz CT molecular complexity index is 963. The lowest BCUT2D eigenvalue weighted by Crippen LogP contribution is -2.51. The van der Waals surface area contributed by atoms with Crippen molar-refractivity contribution in [3.8, 4) is 5.75 Å². The predicted octanol–water partition coefficient (Wildman–Crippen LogP) is 3.19. The number of nitrogens with one attached hydrogen (secondary N) is 1. The van der Waals surface area contributed by atoms with E-state index in [4.69, 9.17) is 14.2 Å². The van der Waals surface area contributed by atoms with Crippen molar-refractivity contribution in [3.63, 3.8) is 0 Å². The number of hydrogen-bond acceptors (Lipinski definition) is 5. The average molecular weight is 382 g/mol. The lowest BCUT2D eigenvalue weighted by atomic mass is 9.72. The summed E-state index contributed by atoms with van der Waals surface area (Å²) in [5.74, 6) is 1.08. The molecule has 6 nitrogen and oxygen atoms in total. The molecule has 0 bridgehead atoms. The number of rotatable bonds is 2. The van der Waals surface area contributed by atoms with Crippen molar-refractivity contribution in [2.75, 3.05) is 27.3 Å². The second-order valence-corrected chi connectivity index (χ2v) is 8.10. The highest BCUT2D eigenvalue weighted by atomic mass is 16.5. The van der Waals surface area contributed by atoms with Crippen LogP contribution < -0.4 is 4.74 Å². The van der Waals surface area contributed by atoms with Crippen molar-refractivity contribution >= 4 is 16.9 Å². The molecule has 0 saturated carbocycles. The van der Waals surface area contributed by atoms with Crippen LogP contribution in [0.15, 0.2) is 30.0 Å². The van der Waals surface area contributed by atoms with Gasteiger partial charge in [0, 0.05) is 41.5 Å². The molecule has 1 aromatic carbocycles. The number of fused-ring (bicyclic) bond motifs is 6. The lowest BCUT2D eigenvalue weighted by Gasteiger charge is -2.49. The quantitative estimate of drug-likeness (QED) is 0.809. The Balaban J connectivity index is 1.54. The van der Waals surface area contributed by atoms with Crippen molar-refractivity contribution in [2.24, 2.45) is 11.8 Å². The number of esters is 1. The number of nitrogens with zero attached hydrogens (tertiary/aromatic N) is 1. The highest BCUT2D eigenvalue weighted by molar-refractivity contribution is 5.89. The van der Waals surface area contributed by atoms with Crippen LogP contribution in [-0.2, 0) is 20.7 Å². The number of hydrogen-bond donors (Lipinski definition) is 1. The van der Waals surface area contributed by atoms with E-state index >= 15 is 0 Å². The molecule has 0 aliphatic carbocycles. The summed E-state index contributed by atoms with van der Waals surface area (Å²) in [6.07, 6.45) is 3.65. The third-order valence-electron chi connectivity index (χ3n) is 6.84. The standard InChI is InChI=1S/C22H26N2O4/c1-12-17-10-24-7-6-14-16-8-13(26-2)4-5-19(16)23-21(14)20(24)9-15(17)18(11-28-12)22(25)27-3/h4-5,8,11-12,15,17,20,23H,6-7,9-10H2,1-3H3/t12-,15-,17?,20-/m0/s1. The molecule has 0 spiro atoms. The maximum absolute atomic E-state index is 12.3. The molecule has 6 heteroatoms. The minimum Gasteiger partial charge on any atom is -0.497 e. The molecule has 5 rings (SSSR count). The van der Waals surface area contributed by atoms with Crippen LogP contribution in [0.25, 0.3) is 10.9 Å². The fraction of sp³-hybridized carbons (Fsp3) is 0.500. The van der Waals surface area contributed by atoms with Crippen LogP contribution in [0.2, 0.25) is 0 Å². The Morgan fingerprint density at radius 3 is 2.96 bits per heavy atom. The van der Waals surface area contributed by atoms with Gasteiger partial charge in [-0.1, -0.05) is 0 Å². The van der Waals surface area contributed by atoms with Crippen LogP contribution in [0.4, 0.5) is 0 Å². The maximum Gasteiger partial charge on any atom is 0.337 e. The van der Waals surface area contributed by atoms with Crippen LogP contribution in [0.5, 0.6) is 5.75 Å². The van der Waals surface area contributed by atoms with Gasteiger partial charge in [0.1, 0.15) is 5.75 Å². The number of ether oxygens (including phenoxy) is 3. The van der Waals surface area contributed by atoms with Gasteiger partial charge in [-0.15, -0.1) is 0 Å². The van der Waals surface area contributed by atoms with E-state index in [-0.39, 0.29) is 24.0 Å². The van der Waals surface area contributed by atoms with Crippen LogP contribution in [0.3, 0.4) is 0 Å². The average Bonchev–Trinajstić information content (AvgIpc) is 3.10. The van der Waals surface area contributed by atoms with E-state index in [1.54, 1.807) is 13.4 Å². The summed E-state index contributed by atoms with van der Waals surface area (Å²) in [4.78, 5) is 18.6. The topological polar surface area (TPSA) is 63.8 Å². The van der Waals surface area contributed by atoms with Crippen LogP contribution >= 0.6 is 0 Å². The van der Waals surface area contributed by atoms with Gasteiger partial charge >= 0.3 is 5.97 Å². The SMILES string of the molecule is COC(=O)C1=CO[C@@H](C)C2CN3CCc4c([nH]c5ccc(OC)cc45)[C@@H]3C[C@H]12. The molecular formula is C22H26N2O4. The number of piperidine rings is 1. The van der Waals surface area contributed by atoms with Gasteiger partial charge in [0.05, 0.1) is 38.2 Å². The lowest BCUT2D eigenvalue weighted by molar-refractivity contribution is -0.139. The molecule has 3 aliphatic rings. The van der Waals surface area contributed by atoms with Crippen molar-refractivity contribution in [2.45, 2.75) is 31.9 Å². The molecule has 1 fully saturated rings. The second-order valence-electron chi connectivity index (χ2n) is 8.10. The summed E-state index contributed by atoms with van der Waals surface area (Å²) < 4.78 is 16.3. The smallest absolute Gasteiger partial charge is 0.337 e. The number of carbonyl (C=O) groups excluding carboxylic acids is 1. The van der Waals surface area contributed by atoms with Gasteiger partial charge < -0.3 is 19.2 Å². The third kappa shape index (κ3) is 2.54. The minimum atomic E-state index is -0.271. The van der Waals surface area contributed by atoms with Crippen LogP contribution in [-0.4, -0.2) is 49.3 Å². The normalized spacial score (nSPS) is 29.2. The van der Waals surface area contributed by atoms with Crippen LogP contribution in [0, 0.1) is 11.8 Å². The van der Waals surface area contributed by atoms with Gasteiger partial charge in [-0.05, 0) is 43.5 Å². The van der Waals surface area contributed by atoms with E-state index in [1.165, 1.54) is 23.8 Å². The van der Waals surface area contributed by atoms with E-state index in [9.17, 15) is 4.79 Å². The van der Waals surface area contributed by atoms with Gasteiger partial charge in [0.25, 0.3) is 0 Å². The second kappa shape index (κ2) is 6.55. The monoisotopic (exact) mass is 382 g/mol. The molecular weight excluding hydrogens is 356 g/mol. The number of carbonyl (C=O) groups is 1. The zero-order valence-corrected chi connectivity index (χ0v) is 16.5. The first-order chi connectivity index (χ1) is 13.6. The minimum absolute atomic E-state index is 0.104. The van der Waals surface area contributed by atoms with E-state index in [0.29, 0.717) is 11.5 Å². The molecule has 1 N–H and O–H groups in total. The summed E-state index contributed by atoms with van der Waals surface area (Å²) in [6, 6.07) is 6.50. The van der Waals surface area contributed by atoms with Gasteiger partial charge in [0.15, 0.2) is 0 Å². The molecule has 3 aliphatic heterocycles. The van der Waals surface area contributed by atoms with Crippen molar-refractivity contribution in [3.05, 3.63) is 41.3 Å². The molecule has 28 heavy (non-hydrogen) atoms. The van der Waals surface area contributed by atoms with Gasteiger partial charge in [-0.25, -0.2) is 4.79 Å². The van der Waals surface area contributed by atoms with Gasteiger partial charge in [0.2, 0.25) is 0 Å². The zero-order valence-electron chi connectivity index (χ0n) is 16.5. The van der Waals surface area contributed by atoms with Gasteiger partial charge in [-0.3, -0.25) is 4.90 Å². The number of H-pyrrole nitrogens is 1. The first kappa shape index (κ1) is 17.6. The first-order valence-corrected chi connectivity index (χ1v) is 9.97. The summed E-state index contributed by atoms with van der Waals surface area (Å²) >= 11 is 0. The molecule has 2 aromatic rings. The zero-order chi connectivity index (χ0) is 19.4. The Labute approximate surface area is 164 Å². The highest BCUT2D eigenvalue weighted by Gasteiger charge is 2.46. The van der Waals surface area contributed by atoms with E-state index in [0.717, 1.165) is 37.2 Å². The van der Waals surface area contributed by atoms with Crippen molar-refractivity contribution < 1.29 is 19.0 Å². The third-order valence-corrected chi connectivity index (χ3v) is 6.84. The Morgan fingerprint density at radius 2 is 2.18 bits per heavy atom. The largest absolute Gasteiger partial charge is 0.497 e. The Kier molecular flexibility index (Phi) is 4.12. The van der Waals surface area contributed by atoms with Gasteiger partial charge in [-0.2, -0.15) is 0 Å². The molecule has 1 aromatic heterocycles. The first-order valence-electron chi connectivity index (χ1n) is 9.97. The van der Waals surface area contributed by atoms with Crippen LogP contribution in [0.1, 0.15) is 30.6 Å². The molecule has 148 valence electrons. The molecule has 1 saturated heterocycles. The number of aromatic amines is 1. The van der Waals surface area contributed by atoms with E-state index in [1.807, 2.05) is 6.07 Å². The van der Waals surface area contributed by atoms with E-state index < -0.39 is 0 Å². The molecule has 0 radical (unpaired) electrons. The number of benzene rings is 1. The fourth-order valence-electron chi connectivity index (χ4n) is 5.34. The predicted molar refractivity (Wildman–Crippen MR) is 105 cm³/mol. The molecule has 4 heterocycles. The van der Waals surface area contributed by atoms with Crippen molar-refractivity contribution in [1.82, 2.24) is 9.88 Å². The number of methoxy groups -OCH3 is 2.